The van der Waals surface area contributed by atoms with Gasteiger partial charge in [-0.05, 0) is 25.2 Å². The van der Waals surface area contributed by atoms with E-state index in [0.717, 1.165) is 0 Å². The zero-order valence-corrected chi connectivity index (χ0v) is 15.0. The van der Waals surface area contributed by atoms with Gasteiger partial charge in [0.25, 0.3) is 0 Å². The van der Waals surface area contributed by atoms with Gasteiger partial charge >= 0.3 is 6.18 Å². The highest BCUT2D eigenvalue weighted by atomic mass is 35.5. The van der Waals surface area contributed by atoms with E-state index >= 15 is 0 Å². The maximum atomic E-state index is 13.5. The molecule has 3 heterocycles. The third-order valence-electron chi connectivity index (χ3n) is 5.03. The van der Waals surface area contributed by atoms with Crippen molar-refractivity contribution in [2.24, 2.45) is 11.8 Å². The molecule has 0 radical (unpaired) electrons. The van der Waals surface area contributed by atoms with Crippen molar-refractivity contribution >= 4 is 28.3 Å². The lowest BCUT2D eigenvalue weighted by molar-refractivity contribution is -0.141. The molecule has 2 aromatic heterocycles. The number of H-pyrrole nitrogens is 1. The number of halogens is 4. The number of fused-ring (bicyclic) bond motifs is 1. The zero-order valence-electron chi connectivity index (χ0n) is 14.3. The minimum absolute atomic E-state index is 0.0161. The van der Waals surface area contributed by atoms with E-state index in [1.807, 2.05) is 6.92 Å². The Morgan fingerprint density at radius 3 is 2.69 bits per heavy atom. The second kappa shape index (κ2) is 6.63. The largest absolute Gasteiger partial charge is 0.434 e. The van der Waals surface area contributed by atoms with Gasteiger partial charge in [0, 0.05) is 25.4 Å². The number of nitriles is 1. The summed E-state index contributed by atoms with van der Waals surface area (Å²) in [4.78, 5) is 8.41. The van der Waals surface area contributed by atoms with E-state index in [0.29, 0.717) is 30.7 Å². The third kappa shape index (κ3) is 2.99. The van der Waals surface area contributed by atoms with E-state index in [4.69, 9.17) is 11.6 Å². The number of aliphatic hydroxyl groups excluding tert-OH is 1. The molecule has 1 aliphatic heterocycles. The molecule has 2 N–H and O–H groups in total. The molecule has 1 fully saturated rings. The molecule has 2 aromatic rings. The van der Waals surface area contributed by atoms with Crippen LogP contribution in [-0.4, -0.2) is 34.8 Å². The molecule has 0 saturated carbocycles. The highest BCUT2D eigenvalue weighted by Gasteiger charge is 2.40. The quantitative estimate of drug-likeness (QED) is 0.821. The lowest BCUT2D eigenvalue weighted by Gasteiger charge is -2.38. The zero-order chi connectivity index (χ0) is 19.2. The van der Waals surface area contributed by atoms with Crippen LogP contribution in [0.2, 0.25) is 5.02 Å². The lowest BCUT2D eigenvalue weighted by Crippen LogP contribution is -2.41. The van der Waals surface area contributed by atoms with Crippen LogP contribution in [0.15, 0.2) is 0 Å². The summed E-state index contributed by atoms with van der Waals surface area (Å²) < 4.78 is 40.6. The van der Waals surface area contributed by atoms with E-state index < -0.39 is 17.4 Å². The van der Waals surface area contributed by atoms with Gasteiger partial charge in [-0.2, -0.15) is 18.4 Å². The van der Waals surface area contributed by atoms with Gasteiger partial charge in [0.1, 0.15) is 17.1 Å². The van der Waals surface area contributed by atoms with Crippen LogP contribution in [0.1, 0.15) is 30.3 Å². The number of pyridine rings is 1. The minimum Gasteiger partial charge on any atom is -0.396 e. The van der Waals surface area contributed by atoms with Crippen molar-refractivity contribution in [2.45, 2.75) is 26.4 Å². The Hall–Kier alpha value is -1.98. The van der Waals surface area contributed by atoms with Gasteiger partial charge in [0.05, 0.1) is 16.2 Å². The number of aryl methyl sites for hydroxylation is 1. The molecule has 1 aliphatic rings. The Balaban J connectivity index is 2.26. The van der Waals surface area contributed by atoms with Gasteiger partial charge < -0.3 is 15.0 Å². The van der Waals surface area contributed by atoms with Gasteiger partial charge in [-0.1, -0.05) is 18.5 Å². The second-order valence-corrected chi connectivity index (χ2v) is 7.11. The predicted octanol–water partition coefficient (Wildman–Crippen LogP) is 3.87. The van der Waals surface area contributed by atoms with Crippen molar-refractivity contribution in [2.75, 3.05) is 24.6 Å². The van der Waals surface area contributed by atoms with Gasteiger partial charge in [0.2, 0.25) is 0 Å². The number of hydrogen-bond donors (Lipinski definition) is 2. The number of aromatic amines is 1. The number of rotatable bonds is 2. The van der Waals surface area contributed by atoms with Crippen LogP contribution in [0, 0.1) is 30.1 Å². The topological polar surface area (TPSA) is 75.9 Å². The molecule has 0 unspecified atom stereocenters. The van der Waals surface area contributed by atoms with E-state index in [-0.39, 0.29) is 34.7 Å². The van der Waals surface area contributed by atoms with Crippen LogP contribution in [0.3, 0.4) is 0 Å². The Bertz CT molecular complexity index is 887. The summed E-state index contributed by atoms with van der Waals surface area (Å²) in [5, 5.41) is 19.0. The monoisotopic (exact) mass is 386 g/mol. The molecule has 0 bridgehead atoms. The van der Waals surface area contributed by atoms with Gasteiger partial charge in [-0.25, -0.2) is 4.98 Å². The average molecular weight is 387 g/mol. The first-order valence-corrected chi connectivity index (χ1v) is 8.61. The molecule has 0 amide bonds. The number of piperidine rings is 1. The summed E-state index contributed by atoms with van der Waals surface area (Å²) in [6, 6.07) is 1.69. The van der Waals surface area contributed by atoms with Crippen LogP contribution in [-0.2, 0) is 6.18 Å². The van der Waals surface area contributed by atoms with Crippen molar-refractivity contribution in [3.63, 3.8) is 0 Å². The van der Waals surface area contributed by atoms with Crippen LogP contribution < -0.4 is 4.90 Å². The first-order chi connectivity index (χ1) is 12.2. The van der Waals surface area contributed by atoms with E-state index in [1.165, 1.54) is 0 Å². The molecule has 1 saturated heterocycles. The number of nitrogens with one attached hydrogen (secondary N) is 1. The summed E-state index contributed by atoms with van der Waals surface area (Å²) in [5.41, 5.74) is -0.688. The lowest BCUT2D eigenvalue weighted by atomic mass is 9.87. The van der Waals surface area contributed by atoms with Crippen LogP contribution >= 0.6 is 11.6 Å². The maximum Gasteiger partial charge on any atom is 0.434 e. The van der Waals surface area contributed by atoms with E-state index in [2.05, 4.69) is 9.97 Å². The third-order valence-corrected chi connectivity index (χ3v) is 5.50. The summed E-state index contributed by atoms with van der Waals surface area (Å²) in [6.07, 6.45) is -4.14. The molecule has 26 heavy (non-hydrogen) atoms. The Labute approximate surface area is 153 Å². The van der Waals surface area contributed by atoms with Gasteiger partial charge in [0.15, 0.2) is 5.69 Å². The fourth-order valence-corrected chi connectivity index (χ4v) is 3.75. The average Bonchev–Trinajstić information content (AvgIpc) is 2.86. The number of alkyl halides is 3. The number of hydrogen-bond acceptors (Lipinski definition) is 4. The first kappa shape index (κ1) is 18.8. The highest BCUT2D eigenvalue weighted by molar-refractivity contribution is 6.36. The van der Waals surface area contributed by atoms with Crippen molar-refractivity contribution in [3.8, 4) is 6.07 Å². The van der Waals surface area contributed by atoms with Crippen molar-refractivity contribution in [3.05, 3.63) is 22.0 Å². The summed E-state index contributed by atoms with van der Waals surface area (Å²) in [6.45, 7) is 4.50. The molecule has 0 spiro atoms. The fourth-order valence-electron chi connectivity index (χ4n) is 3.57. The SMILES string of the molecule is Cc1[nH]c2c(N3CC[C@@H](CO)[C@@H](C)C3)c(C#N)c(C(F)(F)F)nc2c1Cl. The van der Waals surface area contributed by atoms with Gasteiger partial charge in [-0.15, -0.1) is 0 Å². The number of aromatic nitrogens is 2. The number of nitrogens with zero attached hydrogens (tertiary/aromatic N) is 3. The summed E-state index contributed by atoms with van der Waals surface area (Å²) in [7, 11) is 0. The van der Waals surface area contributed by atoms with Crippen molar-refractivity contribution in [1.82, 2.24) is 9.97 Å². The molecule has 2 atom stereocenters. The standard InChI is InChI=1S/C17H18ClF3N4O/c1-8-6-25(4-3-10(8)7-26)15-11(5-22)16(17(19,20)21)24-13-12(18)9(2)23-14(13)15/h8,10,23,26H,3-4,6-7H2,1-2H3/t8-,10-/m0/s1. The Morgan fingerprint density at radius 2 is 2.15 bits per heavy atom. The van der Waals surface area contributed by atoms with Gasteiger partial charge in [-0.3, -0.25) is 0 Å². The summed E-state index contributed by atoms with van der Waals surface area (Å²) in [5.74, 6) is 0.162. The normalized spacial score (nSPS) is 21.2. The number of aliphatic hydroxyl groups is 1. The first-order valence-electron chi connectivity index (χ1n) is 8.23. The smallest absolute Gasteiger partial charge is 0.396 e. The summed E-state index contributed by atoms with van der Waals surface area (Å²) >= 11 is 6.15. The molecule has 3 rings (SSSR count). The molecular formula is C17H18ClF3N4O. The Morgan fingerprint density at radius 1 is 1.46 bits per heavy atom. The second-order valence-electron chi connectivity index (χ2n) is 6.74. The highest BCUT2D eigenvalue weighted by Crippen LogP contribution is 2.42. The van der Waals surface area contributed by atoms with Crippen LogP contribution in [0.25, 0.3) is 11.0 Å². The van der Waals surface area contributed by atoms with E-state index in [9.17, 15) is 23.5 Å². The predicted molar refractivity (Wildman–Crippen MR) is 92.1 cm³/mol. The molecule has 0 aliphatic carbocycles. The fraction of sp³-hybridized carbons (Fsp3) is 0.529. The maximum absolute atomic E-state index is 13.5. The Kier molecular flexibility index (Phi) is 4.80. The van der Waals surface area contributed by atoms with Crippen molar-refractivity contribution < 1.29 is 18.3 Å². The number of anilines is 1. The van der Waals surface area contributed by atoms with Crippen LogP contribution in [0.4, 0.5) is 18.9 Å². The molecule has 140 valence electrons. The molecule has 5 nitrogen and oxygen atoms in total. The van der Waals surface area contributed by atoms with E-state index in [1.54, 1.807) is 17.9 Å². The van der Waals surface area contributed by atoms with Crippen LogP contribution in [0.5, 0.6) is 0 Å². The van der Waals surface area contributed by atoms with Crippen molar-refractivity contribution in [1.29, 1.82) is 5.26 Å². The molecule has 9 heteroatoms. The molecular weight excluding hydrogens is 369 g/mol. The molecule has 0 aromatic carbocycles. The minimum atomic E-state index is -4.77.